The molecule has 0 aliphatic carbocycles. The molecule has 0 saturated heterocycles. The molecule has 200 valence electrons. The number of methoxy groups -OCH3 is 1. The summed E-state index contributed by atoms with van der Waals surface area (Å²) in [5, 5.41) is 5.92. The van der Waals surface area contributed by atoms with Gasteiger partial charge in [-0.2, -0.15) is 5.10 Å². The van der Waals surface area contributed by atoms with Gasteiger partial charge in [-0.25, -0.2) is 14.8 Å². The van der Waals surface area contributed by atoms with E-state index < -0.39 is 29.7 Å². The van der Waals surface area contributed by atoms with Gasteiger partial charge >= 0.3 is 11.7 Å². The van der Waals surface area contributed by atoms with Crippen LogP contribution in [-0.4, -0.2) is 55.0 Å². The Morgan fingerprint density at radius 1 is 1.00 bits per heavy atom. The third kappa shape index (κ3) is 4.83. The number of rotatable bonds is 7. The van der Waals surface area contributed by atoms with Gasteiger partial charge in [-0.1, -0.05) is 42.5 Å². The molecule has 2 aromatic carbocycles. The number of aromatic nitrogens is 4. The van der Waals surface area contributed by atoms with Crippen LogP contribution < -0.4 is 16.0 Å². The number of carbonyl (C=O) groups is 2. The SMILES string of the molecule is COc1ccc([C@@H]2CC(c3ccccc3)=NN2C(=O)COC(=O)Cn2cnc3c2c(=O)n(C)c(=O)n3C)cc1. The van der Waals surface area contributed by atoms with Gasteiger partial charge in [0.2, 0.25) is 0 Å². The molecular formula is C27H26N6O6. The van der Waals surface area contributed by atoms with Crippen molar-refractivity contribution in [1.82, 2.24) is 23.7 Å². The summed E-state index contributed by atoms with van der Waals surface area (Å²) in [4.78, 5) is 54.7. The number of hydrogen-bond donors (Lipinski definition) is 0. The van der Waals surface area contributed by atoms with Crippen LogP contribution in [0.15, 0.2) is 75.6 Å². The first-order valence-corrected chi connectivity index (χ1v) is 12.1. The van der Waals surface area contributed by atoms with E-state index in [1.165, 1.54) is 34.6 Å². The van der Waals surface area contributed by atoms with E-state index in [-0.39, 0.29) is 23.8 Å². The van der Waals surface area contributed by atoms with Gasteiger partial charge in [-0.3, -0.25) is 23.5 Å². The van der Waals surface area contributed by atoms with Crippen molar-refractivity contribution in [1.29, 1.82) is 0 Å². The first-order valence-electron chi connectivity index (χ1n) is 12.1. The summed E-state index contributed by atoms with van der Waals surface area (Å²) < 4.78 is 14.0. The van der Waals surface area contributed by atoms with Gasteiger partial charge in [-0.15, -0.1) is 0 Å². The molecule has 0 unspecified atom stereocenters. The highest BCUT2D eigenvalue weighted by Crippen LogP contribution is 2.33. The van der Waals surface area contributed by atoms with Crippen LogP contribution in [0.2, 0.25) is 0 Å². The number of aryl methyl sites for hydroxylation is 1. The molecule has 1 amide bonds. The molecule has 1 atom stereocenters. The van der Waals surface area contributed by atoms with Crippen molar-refractivity contribution >= 4 is 28.8 Å². The van der Waals surface area contributed by atoms with Crippen molar-refractivity contribution in [3.63, 3.8) is 0 Å². The quantitative estimate of drug-likeness (QED) is 0.330. The maximum absolute atomic E-state index is 13.2. The highest BCUT2D eigenvalue weighted by molar-refractivity contribution is 6.03. The van der Waals surface area contributed by atoms with Gasteiger partial charge in [0.25, 0.3) is 11.5 Å². The minimum absolute atomic E-state index is 0.0825. The van der Waals surface area contributed by atoms with E-state index in [1.807, 2.05) is 54.6 Å². The van der Waals surface area contributed by atoms with Crippen LogP contribution in [0.1, 0.15) is 23.6 Å². The molecule has 5 rings (SSSR count). The molecule has 0 fully saturated rings. The fourth-order valence-electron chi connectivity index (χ4n) is 4.54. The molecule has 0 radical (unpaired) electrons. The van der Waals surface area contributed by atoms with Crippen molar-refractivity contribution < 1.29 is 19.1 Å². The number of nitrogens with zero attached hydrogens (tertiary/aromatic N) is 6. The number of fused-ring (bicyclic) bond motifs is 1. The number of amides is 1. The van der Waals surface area contributed by atoms with Gasteiger partial charge in [0, 0.05) is 20.5 Å². The highest BCUT2D eigenvalue weighted by Gasteiger charge is 2.33. The normalized spacial score (nSPS) is 14.9. The summed E-state index contributed by atoms with van der Waals surface area (Å²) in [6.07, 6.45) is 1.77. The minimum Gasteiger partial charge on any atom is -0.497 e. The zero-order valence-corrected chi connectivity index (χ0v) is 21.6. The second kappa shape index (κ2) is 10.4. The molecule has 0 bridgehead atoms. The number of ether oxygens (including phenoxy) is 2. The third-order valence-corrected chi connectivity index (χ3v) is 6.65. The first kappa shape index (κ1) is 25.6. The summed E-state index contributed by atoms with van der Waals surface area (Å²) in [5.74, 6) is -0.551. The van der Waals surface area contributed by atoms with E-state index in [0.717, 1.165) is 21.4 Å². The molecule has 0 saturated carbocycles. The number of carbonyl (C=O) groups excluding carboxylic acids is 2. The number of benzene rings is 2. The Morgan fingerprint density at radius 3 is 2.41 bits per heavy atom. The lowest BCUT2D eigenvalue weighted by atomic mass is 9.98. The van der Waals surface area contributed by atoms with E-state index in [0.29, 0.717) is 12.2 Å². The van der Waals surface area contributed by atoms with Crippen molar-refractivity contribution in [2.24, 2.45) is 19.2 Å². The minimum atomic E-state index is -0.744. The lowest BCUT2D eigenvalue weighted by Gasteiger charge is -2.22. The molecule has 39 heavy (non-hydrogen) atoms. The number of hydrazone groups is 1. The maximum atomic E-state index is 13.2. The molecule has 3 heterocycles. The van der Waals surface area contributed by atoms with Gasteiger partial charge in [0.1, 0.15) is 12.3 Å². The summed E-state index contributed by atoms with van der Waals surface area (Å²) >= 11 is 0. The topological polar surface area (TPSA) is 130 Å². The Labute approximate surface area is 222 Å². The molecule has 1 aliphatic rings. The Bertz CT molecular complexity index is 1700. The van der Waals surface area contributed by atoms with E-state index in [2.05, 4.69) is 10.1 Å². The van der Waals surface area contributed by atoms with Gasteiger partial charge in [-0.05, 0) is 23.3 Å². The third-order valence-electron chi connectivity index (χ3n) is 6.65. The molecular weight excluding hydrogens is 504 g/mol. The van der Waals surface area contributed by atoms with Crippen molar-refractivity contribution in [3.05, 3.63) is 92.9 Å². The lowest BCUT2D eigenvalue weighted by molar-refractivity contribution is -0.153. The average Bonchev–Trinajstić information content (AvgIpc) is 3.59. The smallest absolute Gasteiger partial charge is 0.332 e. The monoisotopic (exact) mass is 530 g/mol. The summed E-state index contributed by atoms with van der Waals surface area (Å²) in [5.41, 5.74) is 1.61. The fraction of sp³-hybridized carbons (Fsp3) is 0.259. The van der Waals surface area contributed by atoms with E-state index in [1.54, 1.807) is 7.11 Å². The fourth-order valence-corrected chi connectivity index (χ4v) is 4.54. The van der Waals surface area contributed by atoms with Crippen LogP contribution in [0.25, 0.3) is 11.2 Å². The van der Waals surface area contributed by atoms with E-state index in [4.69, 9.17) is 9.47 Å². The second-order valence-electron chi connectivity index (χ2n) is 9.06. The van der Waals surface area contributed by atoms with Crippen LogP contribution in [0.3, 0.4) is 0 Å². The molecule has 2 aromatic heterocycles. The number of hydrogen-bond acceptors (Lipinski definition) is 8. The molecule has 0 spiro atoms. The molecule has 0 N–H and O–H groups in total. The molecule has 1 aliphatic heterocycles. The van der Waals surface area contributed by atoms with Crippen molar-refractivity contribution in [2.45, 2.75) is 19.0 Å². The Kier molecular flexibility index (Phi) is 6.84. The Balaban J connectivity index is 1.33. The van der Waals surface area contributed by atoms with Crippen molar-refractivity contribution in [3.8, 4) is 5.75 Å². The summed E-state index contributed by atoms with van der Waals surface area (Å²) in [7, 11) is 4.41. The summed E-state index contributed by atoms with van der Waals surface area (Å²) in [6.45, 7) is -0.905. The predicted molar refractivity (Wildman–Crippen MR) is 141 cm³/mol. The summed E-state index contributed by atoms with van der Waals surface area (Å²) in [6, 6.07) is 16.5. The van der Waals surface area contributed by atoms with Gasteiger partial charge in [0.05, 0.1) is 25.2 Å². The number of esters is 1. The van der Waals surface area contributed by atoms with Crippen LogP contribution in [-0.2, 0) is 35.0 Å². The van der Waals surface area contributed by atoms with Crippen LogP contribution in [0.4, 0.5) is 0 Å². The largest absolute Gasteiger partial charge is 0.497 e. The maximum Gasteiger partial charge on any atom is 0.332 e. The highest BCUT2D eigenvalue weighted by atomic mass is 16.5. The van der Waals surface area contributed by atoms with E-state index >= 15 is 0 Å². The zero-order valence-electron chi connectivity index (χ0n) is 21.6. The second-order valence-corrected chi connectivity index (χ2v) is 9.06. The molecule has 4 aromatic rings. The Hall–Kier alpha value is -5.00. The lowest BCUT2D eigenvalue weighted by Crippen LogP contribution is -2.37. The first-order chi connectivity index (χ1) is 18.8. The van der Waals surface area contributed by atoms with E-state index in [9.17, 15) is 19.2 Å². The zero-order chi connectivity index (χ0) is 27.7. The van der Waals surface area contributed by atoms with Crippen LogP contribution >= 0.6 is 0 Å². The van der Waals surface area contributed by atoms with Crippen LogP contribution in [0.5, 0.6) is 5.75 Å². The molecule has 12 heteroatoms. The predicted octanol–water partition coefficient (Wildman–Crippen LogP) is 1.36. The van der Waals surface area contributed by atoms with Crippen LogP contribution in [0, 0.1) is 0 Å². The van der Waals surface area contributed by atoms with Gasteiger partial charge < -0.3 is 14.0 Å². The standard InChI is InChI=1S/C27H26N6O6/c1-30-25-24(26(36)31(2)27(30)37)32(16-28-25)14-23(35)39-15-22(34)33-21(18-9-11-19(38-3)12-10-18)13-20(29-33)17-7-5-4-6-8-17/h4-12,16,21H,13-15H2,1-3H3/t21-/m0/s1. The number of imidazole rings is 1. The van der Waals surface area contributed by atoms with Gasteiger partial charge in [0.15, 0.2) is 17.8 Å². The average molecular weight is 531 g/mol. The van der Waals surface area contributed by atoms with Crippen molar-refractivity contribution in [2.75, 3.05) is 13.7 Å². The molecule has 12 nitrogen and oxygen atoms in total. The Morgan fingerprint density at radius 2 is 1.72 bits per heavy atom.